The molecule has 0 heterocycles. The average Bonchev–Trinajstić information content (AvgIpc) is 2.75. The summed E-state index contributed by atoms with van der Waals surface area (Å²) in [5.74, 6) is 3.73. The zero-order chi connectivity index (χ0) is 23.8. The highest BCUT2D eigenvalue weighted by molar-refractivity contribution is 5.48. The first-order chi connectivity index (χ1) is 15.1. The minimum atomic E-state index is -0.328. The van der Waals surface area contributed by atoms with E-state index in [-0.39, 0.29) is 6.29 Å². The number of benzene rings is 2. The van der Waals surface area contributed by atoms with Crippen LogP contribution in [0.25, 0.3) is 0 Å². The van der Waals surface area contributed by atoms with Crippen molar-refractivity contribution in [2.24, 2.45) is 0 Å². The molecule has 0 aliphatic heterocycles. The highest BCUT2D eigenvalue weighted by atomic mass is 16.7. The fourth-order valence-electron chi connectivity index (χ4n) is 3.75. The molecule has 2 rings (SSSR count). The Morgan fingerprint density at radius 3 is 1.72 bits per heavy atom. The Kier molecular flexibility index (Phi) is 10.1. The molecule has 0 N–H and O–H groups in total. The van der Waals surface area contributed by atoms with Gasteiger partial charge >= 0.3 is 0 Å². The lowest BCUT2D eigenvalue weighted by atomic mass is 9.88. The third-order valence-corrected chi connectivity index (χ3v) is 6.13. The molecular weight excluding hydrogens is 396 g/mol. The Balaban J connectivity index is 1.96. The van der Waals surface area contributed by atoms with Crippen LogP contribution in [0.5, 0.6) is 11.5 Å². The molecule has 3 heteroatoms. The summed E-state index contributed by atoms with van der Waals surface area (Å²) in [6.07, 6.45) is 0.808. The normalized spacial score (nSPS) is 13.6. The average molecular weight is 441 g/mol. The maximum absolute atomic E-state index is 6.30. The van der Waals surface area contributed by atoms with Gasteiger partial charge in [-0.15, -0.1) is 0 Å². The molecule has 2 aromatic rings. The van der Waals surface area contributed by atoms with E-state index in [4.69, 9.17) is 14.2 Å². The smallest absolute Gasteiger partial charge is 0.197 e. The van der Waals surface area contributed by atoms with Crippen LogP contribution in [0.4, 0.5) is 0 Å². The standard InChI is InChI=1S/C29H44O3/c1-10-22(8)24-11-13-26(14-12-24)32-23(9)30-15-16-31-29-27(20(4)5)17-25(19(2)3)18-28(29)21(6)7/h11-14,17-23H,10,15-16H2,1-9H3. The molecule has 0 aliphatic carbocycles. The van der Waals surface area contributed by atoms with Gasteiger partial charge in [-0.1, -0.05) is 79.7 Å². The number of rotatable bonds is 12. The molecule has 2 aromatic carbocycles. The van der Waals surface area contributed by atoms with Gasteiger partial charge in [-0.3, -0.25) is 0 Å². The Bertz CT molecular complexity index is 792. The summed E-state index contributed by atoms with van der Waals surface area (Å²) in [5.41, 5.74) is 5.28. The highest BCUT2D eigenvalue weighted by Crippen LogP contribution is 2.37. The SMILES string of the molecule is CCC(C)c1ccc(OC(C)OCCOc2c(C(C)C)cc(C(C)C)cc2C(C)C)cc1. The van der Waals surface area contributed by atoms with E-state index >= 15 is 0 Å². The largest absolute Gasteiger partial charge is 0.491 e. The van der Waals surface area contributed by atoms with Crippen LogP contribution in [-0.4, -0.2) is 19.5 Å². The molecule has 0 radical (unpaired) electrons. The van der Waals surface area contributed by atoms with E-state index in [9.17, 15) is 0 Å². The molecule has 32 heavy (non-hydrogen) atoms. The van der Waals surface area contributed by atoms with Crippen molar-refractivity contribution in [2.75, 3.05) is 13.2 Å². The summed E-state index contributed by atoms with van der Waals surface area (Å²) in [7, 11) is 0. The first kappa shape index (κ1) is 26.3. The van der Waals surface area contributed by atoms with Gasteiger partial charge in [0.15, 0.2) is 6.29 Å². The highest BCUT2D eigenvalue weighted by Gasteiger charge is 2.18. The summed E-state index contributed by atoms with van der Waals surface area (Å²) < 4.78 is 18.1. The van der Waals surface area contributed by atoms with E-state index in [1.807, 2.05) is 19.1 Å². The first-order valence-electron chi connectivity index (χ1n) is 12.3. The number of hydrogen-bond acceptors (Lipinski definition) is 3. The van der Waals surface area contributed by atoms with Crippen molar-refractivity contribution in [3.05, 3.63) is 58.7 Å². The lowest BCUT2D eigenvalue weighted by molar-refractivity contribution is -0.0740. The maximum atomic E-state index is 6.30. The molecule has 2 atom stereocenters. The zero-order valence-electron chi connectivity index (χ0n) is 21.7. The van der Waals surface area contributed by atoms with E-state index in [2.05, 4.69) is 79.7 Å². The number of ether oxygens (including phenoxy) is 3. The van der Waals surface area contributed by atoms with Gasteiger partial charge < -0.3 is 14.2 Å². The molecular formula is C29H44O3. The molecule has 0 saturated heterocycles. The van der Waals surface area contributed by atoms with Gasteiger partial charge in [0.25, 0.3) is 0 Å². The summed E-state index contributed by atoms with van der Waals surface area (Å²) in [6.45, 7) is 20.8. The van der Waals surface area contributed by atoms with Gasteiger partial charge in [0.2, 0.25) is 0 Å². The lowest BCUT2D eigenvalue weighted by Crippen LogP contribution is -2.20. The topological polar surface area (TPSA) is 27.7 Å². The quantitative estimate of drug-likeness (QED) is 0.245. The monoisotopic (exact) mass is 440 g/mol. The Hall–Kier alpha value is -2.00. The third-order valence-electron chi connectivity index (χ3n) is 6.13. The molecule has 0 aliphatic rings. The fraction of sp³-hybridized carbons (Fsp3) is 0.586. The van der Waals surface area contributed by atoms with E-state index in [1.165, 1.54) is 22.3 Å². The Morgan fingerprint density at radius 2 is 1.25 bits per heavy atom. The van der Waals surface area contributed by atoms with Gasteiger partial charge in [-0.25, -0.2) is 0 Å². The summed E-state index contributed by atoms with van der Waals surface area (Å²) in [4.78, 5) is 0. The predicted molar refractivity (Wildman–Crippen MR) is 135 cm³/mol. The van der Waals surface area contributed by atoms with Crippen molar-refractivity contribution in [3.8, 4) is 11.5 Å². The van der Waals surface area contributed by atoms with Crippen molar-refractivity contribution in [2.45, 2.75) is 98.7 Å². The van der Waals surface area contributed by atoms with Crippen molar-refractivity contribution >= 4 is 0 Å². The second-order valence-electron chi connectivity index (χ2n) is 9.78. The van der Waals surface area contributed by atoms with Crippen molar-refractivity contribution in [3.63, 3.8) is 0 Å². The van der Waals surface area contributed by atoms with Crippen LogP contribution in [0.15, 0.2) is 36.4 Å². The lowest BCUT2D eigenvalue weighted by Gasteiger charge is -2.23. The van der Waals surface area contributed by atoms with Crippen LogP contribution in [0.2, 0.25) is 0 Å². The Morgan fingerprint density at radius 1 is 0.688 bits per heavy atom. The summed E-state index contributed by atoms with van der Waals surface area (Å²) in [5, 5.41) is 0. The van der Waals surface area contributed by atoms with Crippen LogP contribution >= 0.6 is 0 Å². The molecule has 2 unspecified atom stereocenters. The van der Waals surface area contributed by atoms with Gasteiger partial charge in [0.1, 0.15) is 18.1 Å². The minimum absolute atomic E-state index is 0.328. The molecule has 0 amide bonds. The molecule has 0 saturated carbocycles. The van der Waals surface area contributed by atoms with Crippen molar-refractivity contribution in [1.29, 1.82) is 0 Å². The van der Waals surface area contributed by atoms with Crippen LogP contribution in [0.3, 0.4) is 0 Å². The Labute approximate surface area is 196 Å². The van der Waals surface area contributed by atoms with E-state index in [0.29, 0.717) is 36.9 Å². The molecule has 0 fully saturated rings. The van der Waals surface area contributed by atoms with Gasteiger partial charge in [0.05, 0.1) is 6.61 Å². The second kappa shape index (κ2) is 12.3. The molecule has 178 valence electrons. The van der Waals surface area contributed by atoms with Gasteiger partial charge in [-0.05, 0) is 71.4 Å². The first-order valence-corrected chi connectivity index (χ1v) is 12.3. The zero-order valence-corrected chi connectivity index (χ0v) is 21.7. The van der Waals surface area contributed by atoms with Crippen LogP contribution in [-0.2, 0) is 4.74 Å². The maximum Gasteiger partial charge on any atom is 0.197 e. The molecule has 0 spiro atoms. The van der Waals surface area contributed by atoms with Crippen LogP contribution in [0.1, 0.15) is 115 Å². The molecule has 3 nitrogen and oxygen atoms in total. The van der Waals surface area contributed by atoms with Crippen molar-refractivity contribution < 1.29 is 14.2 Å². The fourth-order valence-corrected chi connectivity index (χ4v) is 3.75. The molecule has 0 aromatic heterocycles. The predicted octanol–water partition coefficient (Wildman–Crippen LogP) is 8.39. The van der Waals surface area contributed by atoms with Crippen LogP contribution < -0.4 is 9.47 Å². The van der Waals surface area contributed by atoms with Crippen molar-refractivity contribution in [1.82, 2.24) is 0 Å². The van der Waals surface area contributed by atoms with E-state index in [1.54, 1.807) is 0 Å². The van der Waals surface area contributed by atoms with Gasteiger partial charge in [-0.2, -0.15) is 0 Å². The summed E-state index contributed by atoms with van der Waals surface area (Å²) >= 11 is 0. The van der Waals surface area contributed by atoms with Crippen LogP contribution in [0, 0.1) is 0 Å². The third kappa shape index (κ3) is 7.27. The van der Waals surface area contributed by atoms with E-state index < -0.39 is 0 Å². The minimum Gasteiger partial charge on any atom is -0.491 e. The number of hydrogen-bond donors (Lipinski definition) is 0. The summed E-state index contributed by atoms with van der Waals surface area (Å²) in [6, 6.07) is 13.0. The van der Waals surface area contributed by atoms with E-state index in [0.717, 1.165) is 17.9 Å². The molecule has 0 bridgehead atoms. The second-order valence-corrected chi connectivity index (χ2v) is 9.78. The van der Waals surface area contributed by atoms with Gasteiger partial charge in [0, 0.05) is 0 Å².